The number of aromatic nitrogens is 3. The van der Waals surface area contributed by atoms with E-state index in [1.54, 1.807) is 7.11 Å². The third-order valence-electron chi connectivity index (χ3n) is 3.77. The monoisotopic (exact) mass is 303 g/mol. The minimum absolute atomic E-state index is 0.109. The largest absolute Gasteiger partial charge is 0.497 e. The molecule has 1 N–H and O–H groups in total. The Hall–Kier alpha value is -1.88. The van der Waals surface area contributed by atoms with Gasteiger partial charge in [0.1, 0.15) is 11.4 Å². The summed E-state index contributed by atoms with van der Waals surface area (Å²) in [5.41, 5.74) is 2.47. The molecule has 0 bridgehead atoms. The molecule has 2 aromatic rings. The van der Waals surface area contributed by atoms with Crippen molar-refractivity contribution in [3.05, 3.63) is 30.0 Å². The van der Waals surface area contributed by atoms with Gasteiger partial charge < -0.3 is 9.84 Å². The van der Waals surface area contributed by atoms with E-state index in [0.717, 1.165) is 30.0 Å². The van der Waals surface area contributed by atoms with Crippen LogP contribution >= 0.6 is 0 Å². The Bertz CT molecular complexity index is 581. The maximum absolute atomic E-state index is 9.51. The van der Waals surface area contributed by atoms with Crippen molar-refractivity contribution in [3.63, 3.8) is 0 Å². The number of hydrogen-bond donors (Lipinski definition) is 1. The van der Waals surface area contributed by atoms with Gasteiger partial charge in [0.2, 0.25) is 0 Å². The second kappa shape index (κ2) is 8.54. The number of unbranched alkanes of at least 4 members (excludes halogenated alkanes) is 4. The summed E-state index contributed by atoms with van der Waals surface area (Å²) >= 11 is 0. The zero-order chi connectivity index (χ0) is 15.8. The van der Waals surface area contributed by atoms with Crippen molar-refractivity contribution < 1.29 is 9.84 Å². The van der Waals surface area contributed by atoms with Gasteiger partial charge >= 0.3 is 0 Å². The van der Waals surface area contributed by atoms with E-state index in [-0.39, 0.29) is 6.61 Å². The van der Waals surface area contributed by atoms with Crippen LogP contribution in [-0.4, -0.2) is 27.2 Å². The van der Waals surface area contributed by atoms with Crippen LogP contribution < -0.4 is 4.74 Å². The molecule has 0 saturated heterocycles. The van der Waals surface area contributed by atoms with Gasteiger partial charge in [-0.2, -0.15) is 0 Å². The van der Waals surface area contributed by atoms with Gasteiger partial charge in [0.05, 0.1) is 19.4 Å². The lowest BCUT2D eigenvalue weighted by Gasteiger charge is -2.09. The summed E-state index contributed by atoms with van der Waals surface area (Å²) in [4.78, 5) is 0. The molecular formula is C17H25N3O2. The molecule has 0 aliphatic heterocycles. The van der Waals surface area contributed by atoms with Crippen LogP contribution in [0.15, 0.2) is 24.3 Å². The average molecular weight is 303 g/mol. The van der Waals surface area contributed by atoms with Gasteiger partial charge in [0, 0.05) is 12.1 Å². The first-order chi connectivity index (χ1) is 10.8. The fourth-order valence-corrected chi connectivity index (χ4v) is 2.56. The number of nitrogens with zero attached hydrogens (tertiary/aromatic N) is 3. The Kier molecular flexibility index (Phi) is 6.40. The molecule has 0 radical (unpaired) electrons. The number of methoxy groups -OCH3 is 1. The zero-order valence-electron chi connectivity index (χ0n) is 13.5. The third-order valence-corrected chi connectivity index (χ3v) is 3.77. The molecule has 1 aromatic heterocycles. The maximum Gasteiger partial charge on any atom is 0.119 e. The Balaban J connectivity index is 2.16. The Labute approximate surface area is 131 Å². The van der Waals surface area contributed by atoms with E-state index in [9.17, 15) is 5.11 Å². The maximum atomic E-state index is 9.51. The second-order valence-corrected chi connectivity index (χ2v) is 5.41. The lowest BCUT2D eigenvalue weighted by molar-refractivity contribution is 0.277. The summed E-state index contributed by atoms with van der Waals surface area (Å²) < 4.78 is 7.17. The van der Waals surface area contributed by atoms with Gasteiger partial charge in [-0.1, -0.05) is 50.0 Å². The van der Waals surface area contributed by atoms with Crippen LogP contribution in [0.1, 0.15) is 44.7 Å². The van der Waals surface area contributed by atoms with Crippen molar-refractivity contribution in [2.24, 2.45) is 0 Å². The molecule has 1 aromatic carbocycles. The highest BCUT2D eigenvalue weighted by Crippen LogP contribution is 2.26. The topological polar surface area (TPSA) is 60.2 Å². The summed E-state index contributed by atoms with van der Waals surface area (Å²) in [5.74, 6) is 0.789. The lowest BCUT2D eigenvalue weighted by atomic mass is 10.1. The third kappa shape index (κ3) is 4.07. The summed E-state index contributed by atoms with van der Waals surface area (Å²) in [7, 11) is 1.65. The summed E-state index contributed by atoms with van der Waals surface area (Å²) in [6.45, 7) is 2.93. The standard InChI is InChI=1S/C17H25N3O2/c1-3-4-5-6-7-11-20-17(16(13-21)18-19-20)14-9-8-10-15(12-14)22-2/h8-10,12,21H,3-7,11,13H2,1-2H3. The van der Waals surface area contributed by atoms with Crippen molar-refractivity contribution in [3.8, 4) is 17.0 Å². The van der Waals surface area contributed by atoms with Crippen LogP contribution in [0.3, 0.4) is 0 Å². The van der Waals surface area contributed by atoms with E-state index >= 15 is 0 Å². The van der Waals surface area contributed by atoms with Crippen molar-refractivity contribution in [1.82, 2.24) is 15.0 Å². The molecule has 0 atom stereocenters. The van der Waals surface area contributed by atoms with Gasteiger partial charge in [0.15, 0.2) is 0 Å². The van der Waals surface area contributed by atoms with Crippen LogP contribution in [0.25, 0.3) is 11.3 Å². The minimum Gasteiger partial charge on any atom is -0.497 e. The van der Waals surface area contributed by atoms with E-state index in [1.807, 2.05) is 28.9 Å². The van der Waals surface area contributed by atoms with Gasteiger partial charge in [-0.15, -0.1) is 5.10 Å². The number of hydrogen-bond acceptors (Lipinski definition) is 4. The van der Waals surface area contributed by atoms with E-state index in [4.69, 9.17) is 4.74 Å². The molecule has 0 unspecified atom stereocenters. The summed E-state index contributed by atoms with van der Waals surface area (Å²) in [6, 6.07) is 7.79. The molecule has 0 spiro atoms. The minimum atomic E-state index is -0.109. The molecule has 0 aliphatic carbocycles. The predicted molar refractivity (Wildman–Crippen MR) is 86.7 cm³/mol. The number of aliphatic hydroxyl groups excluding tert-OH is 1. The molecule has 120 valence electrons. The SMILES string of the molecule is CCCCCCCn1nnc(CO)c1-c1cccc(OC)c1. The molecule has 0 aliphatic rings. The smallest absolute Gasteiger partial charge is 0.119 e. The lowest BCUT2D eigenvalue weighted by Crippen LogP contribution is -2.03. The molecule has 5 heteroatoms. The van der Waals surface area contributed by atoms with Gasteiger partial charge in [-0.05, 0) is 18.6 Å². The van der Waals surface area contributed by atoms with Crippen molar-refractivity contribution in [2.75, 3.05) is 7.11 Å². The highest BCUT2D eigenvalue weighted by atomic mass is 16.5. The Morgan fingerprint density at radius 1 is 1.18 bits per heavy atom. The van der Waals surface area contributed by atoms with Gasteiger partial charge in [-0.25, -0.2) is 4.68 Å². The van der Waals surface area contributed by atoms with E-state index in [1.165, 1.54) is 25.7 Å². The molecule has 0 fully saturated rings. The second-order valence-electron chi connectivity index (χ2n) is 5.41. The average Bonchev–Trinajstić information content (AvgIpc) is 2.97. The van der Waals surface area contributed by atoms with Crippen LogP contribution in [0.2, 0.25) is 0 Å². The molecule has 2 rings (SSSR count). The molecule has 0 amide bonds. The fourth-order valence-electron chi connectivity index (χ4n) is 2.56. The summed E-state index contributed by atoms with van der Waals surface area (Å²) in [6.07, 6.45) is 6.05. The van der Waals surface area contributed by atoms with E-state index in [2.05, 4.69) is 17.2 Å². The fraction of sp³-hybridized carbons (Fsp3) is 0.529. The van der Waals surface area contributed by atoms with Crippen LogP contribution in [0.5, 0.6) is 5.75 Å². The number of rotatable bonds is 9. The number of ether oxygens (including phenoxy) is 1. The number of benzene rings is 1. The quantitative estimate of drug-likeness (QED) is 0.721. The van der Waals surface area contributed by atoms with Gasteiger partial charge in [0.25, 0.3) is 0 Å². The molecular weight excluding hydrogens is 278 g/mol. The first-order valence-electron chi connectivity index (χ1n) is 7.97. The first kappa shape index (κ1) is 16.5. The zero-order valence-corrected chi connectivity index (χ0v) is 13.5. The van der Waals surface area contributed by atoms with Crippen molar-refractivity contribution in [2.45, 2.75) is 52.2 Å². The molecule has 22 heavy (non-hydrogen) atoms. The first-order valence-corrected chi connectivity index (χ1v) is 7.97. The highest BCUT2D eigenvalue weighted by molar-refractivity contribution is 5.63. The Morgan fingerprint density at radius 3 is 2.73 bits per heavy atom. The highest BCUT2D eigenvalue weighted by Gasteiger charge is 2.14. The molecule has 0 saturated carbocycles. The predicted octanol–water partition coefficient (Wildman–Crippen LogP) is 3.42. The molecule has 1 heterocycles. The van der Waals surface area contributed by atoms with E-state index < -0.39 is 0 Å². The number of aryl methyl sites for hydroxylation is 1. The Morgan fingerprint density at radius 2 is 2.00 bits per heavy atom. The molecule has 5 nitrogen and oxygen atoms in total. The van der Waals surface area contributed by atoms with Crippen LogP contribution in [0, 0.1) is 0 Å². The van der Waals surface area contributed by atoms with Gasteiger partial charge in [-0.3, -0.25) is 0 Å². The summed E-state index contributed by atoms with van der Waals surface area (Å²) in [5, 5.41) is 17.8. The van der Waals surface area contributed by atoms with Crippen LogP contribution in [-0.2, 0) is 13.2 Å². The van der Waals surface area contributed by atoms with Crippen LogP contribution in [0.4, 0.5) is 0 Å². The number of aliphatic hydroxyl groups is 1. The normalized spacial score (nSPS) is 10.9. The van der Waals surface area contributed by atoms with Crippen molar-refractivity contribution in [1.29, 1.82) is 0 Å². The van der Waals surface area contributed by atoms with E-state index in [0.29, 0.717) is 5.69 Å². The van der Waals surface area contributed by atoms with Crippen molar-refractivity contribution >= 4 is 0 Å².